The molecule has 63 heavy (non-hydrogen) atoms. The standard InChI is InChI=1S/C22H30O11.6C3H4O2/c1-5-17(25)30-13-21(9-23,14-31-18(26)6-2)11-29-12-22(10-24,15-32-19(27)7-3)16-33-20(28)8-4;6*1-2-3(4)5/h5-8,23-24H,1-4,9-16H2;6*2H,1H2,(H,4,5). The van der Waals surface area contributed by atoms with E-state index in [2.05, 4.69) is 65.8 Å². The van der Waals surface area contributed by atoms with Crippen molar-refractivity contribution in [2.24, 2.45) is 10.8 Å². The van der Waals surface area contributed by atoms with Gasteiger partial charge in [-0.05, 0) is 0 Å². The molecule has 0 aliphatic heterocycles. The second-order valence-corrected chi connectivity index (χ2v) is 10.3. The molecule has 0 saturated carbocycles. The summed E-state index contributed by atoms with van der Waals surface area (Å²) in [6.45, 7) is 27.4. The quantitative estimate of drug-likeness (QED) is 0.0386. The number of hydrogen-bond donors (Lipinski definition) is 8. The normalized spacial score (nSPS) is 8.79. The Morgan fingerprint density at radius 1 is 0.317 bits per heavy atom. The fourth-order valence-corrected chi connectivity index (χ4v) is 2.14. The van der Waals surface area contributed by atoms with E-state index in [1.807, 2.05) is 0 Å². The number of aliphatic hydroxyl groups is 2. The predicted molar refractivity (Wildman–Crippen MR) is 221 cm³/mol. The van der Waals surface area contributed by atoms with Crippen molar-refractivity contribution in [3.63, 3.8) is 0 Å². The summed E-state index contributed by atoms with van der Waals surface area (Å²) in [7, 11) is 0. The minimum atomic E-state index is -1.38. The Labute approximate surface area is 362 Å². The zero-order valence-electron chi connectivity index (χ0n) is 34.2. The van der Waals surface area contributed by atoms with Crippen LogP contribution in [0.25, 0.3) is 0 Å². The van der Waals surface area contributed by atoms with Crippen molar-refractivity contribution in [1.29, 1.82) is 0 Å². The average molecular weight is 903 g/mol. The number of carboxylic acid groups (broad SMARTS) is 6. The third-order valence-corrected chi connectivity index (χ3v) is 5.28. The van der Waals surface area contributed by atoms with Crippen LogP contribution in [0.15, 0.2) is 127 Å². The fraction of sp³-hybridized carbons (Fsp3) is 0.250. The first-order valence-electron chi connectivity index (χ1n) is 16.4. The maximum atomic E-state index is 11.5. The lowest BCUT2D eigenvalue weighted by Gasteiger charge is -2.34. The van der Waals surface area contributed by atoms with Crippen LogP contribution in [-0.4, -0.2) is 153 Å². The topological polar surface area (TPSA) is 379 Å². The molecule has 0 bridgehead atoms. The molecule has 0 aromatic rings. The van der Waals surface area contributed by atoms with Gasteiger partial charge in [0, 0.05) is 60.8 Å². The van der Waals surface area contributed by atoms with E-state index in [-0.39, 0.29) is 13.2 Å². The highest BCUT2D eigenvalue weighted by Gasteiger charge is 2.38. The molecule has 0 aromatic carbocycles. The molecule has 0 aromatic heterocycles. The number of aliphatic carboxylic acids is 6. The maximum Gasteiger partial charge on any atom is 0.330 e. The Morgan fingerprint density at radius 2 is 0.460 bits per heavy atom. The molecule has 0 aliphatic rings. The highest BCUT2D eigenvalue weighted by atomic mass is 16.6. The first-order chi connectivity index (χ1) is 29.3. The van der Waals surface area contributed by atoms with Crippen molar-refractivity contribution < 1.29 is 112 Å². The lowest BCUT2D eigenvalue weighted by atomic mass is 9.90. The molecule has 0 atom stereocenters. The Hall–Kier alpha value is -8.02. The van der Waals surface area contributed by atoms with Crippen molar-refractivity contribution >= 4 is 59.7 Å². The van der Waals surface area contributed by atoms with E-state index >= 15 is 0 Å². The zero-order valence-corrected chi connectivity index (χ0v) is 34.2. The van der Waals surface area contributed by atoms with Crippen LogP contribution in [0.5, 0.6) is 0 Å². The van der Waals surface area contributed by atoms with E-state index in [1.165, 1.54) is 0 Å². The summed E-state index contributed by atoms with van der Waals surface area (Å²) in [6.07, 6.45) is 8.66. The Balaban J connectivity index is -0.000000166. The number of carbonyl (C=O) groups excluding carboxylic acids is 4. The van der Waals surface area contributed by atoms with Gasteiger partial charge in [0.1, 0.15) is 26.4 Å². The van der Waals surface area contributed by atoms with Crippen molar-refractivity contribution in [3.8, 4) is 0 Å². The zero-order chi connectivity index (χ0) is 51.0. The van der Waals surface area contributed by atoms with E-state index in [0.717, 1.165) is 60.8 Å². The molecule has 0 aliphatic carbocycles. The number of carbonyl (C=O) groups is 10. The average Bonchev–Trinajstić information content (AvgIpc) is 3.28. The molecule has 0 amide bonds. The van der Waals surface area contributed by atoms with Gasteiger partial charge in [0.05, 0.1) is 37.3 Å². The molecule has 352 valence electrons. The van der Waals surface area contributed by atoms with Gasteiger partial charge in [-0.2, -0.15) is 0 Å². The lowest BCUT2D eigenvalue weighted by Crippen LogP contribution is -2.45. The Kier molecular flexibility index (Phi) is 51.5. The maximum absolute atomic E-state index is 11.5. The van der Waals surface area contributed by atoms with Crippen molar-refractivity contribution in [2.75, 3.05) is 52.9 Å². The first-order valence-corrected chi connectivity index (χ1v) is 16.4. The molecule has 23 heteroatoms. The smallest absolute Gasteiger partial charge is 0.330 e. The minimum Gasteiger partial charge on any atom is -0.478 e. The van der Waals surface area contributed by atoms with Gasteiger partial charge in [0.25, 0.3) is 0 Å². The van der Waals surface area contributed by atoms with Crippen LogP contribution >= 0.6 is 0 Å². The third kappa shape index (κ3) is 58.4. The van der Waals surface area contributed by atoms with Crippen LogP contribution in [0, 0.1) is 10.8 Å². The summed E-state index contributed by atoms with van der Waals surface area (Å²) in [5.41, 5.74) is -2.76. The van der Waals surface area contributed by atoms with Crippen LogP contribution in [0.4, 0.5) is 0 Å². The van der Waals surface area contributed by atoms with E-state index in [9.17, 15) is 58.2 Å². The van der Waals surface area contributed by atoms with Crippen LogP contribution in [-0.2, 0) is 71.6 Å². The van der Waals surface area contributed by atoms with Gasteiger partial charge in [-0.15, -0.1) is 0 Å². The number of hydrogen-bond acceptors (Lipinski definition) is 17. The van der Waals surface area contributed by atoms with Gasteiger partial charge in [-0.3, -0.25) is 0 Å². The summed E-state index contributed by atoms with van der Waals surface area (Å²) >= 11 is 0. The van der Waals surface area contributed by atoms with Crippen molar-refractivity contribution in [2.45, 2.75) is 0 Å². The van der Waals surface area contributed by atoms with Gasteiger partial charge in [0.2, 0.25) is 0 Å². The summed E-state index contributed by atoms with van der Waals surface area (Å²) in [5.74, 6) is -9.00. The molecular weight excluding hydrogens is 848 g/mol. The second-order valence-electron chi connectivity index (χ2n) is 10.3. The van der Waals surface area contributed by atoms with Crippen LogP contribution in [0.3, 0.4) is 0 Å². The van der Waals surface area contributed by atoms with E-state index in [0.29, 0.717) is 0 Å². The number of ether oxygens (including phenoxy) is 5. The van der Waals surface area contributed by atoms with Crippen molar-refractivity contribution in [1.82, 2.24) is 0 Å². The van der Waals surface area contributed by atoms with E-state index < -0.39 is 110 Å². The SMILES string of the molecule is C=CC(=O)O.C=CC(=O)O.C=CC(=O)O.C=CC(=O)O.C=CC(=O)O.C=CC(=O)O.C=CC(=O)OCC(CO)(COCC(CO)(COC(=O)C=C)COC(=O)C=C)COC(=O)C=C. The highest BCUT2D eigenvalue weighted by Crippen LogP contribution is 2.24. The predicted octanol–water partition coefficient (Wildman–Crippen LogP) is 1.42. The van der Waals surface area contributed by atoms with Gasteiger partial charge in [-0.25, -0.2) is 47.9 Å². The molecule has 0 fully saturated rings. The Morgan fingerprint density at radius 3 is 0.556 bits per heavy atom. The molecular formula is C40H54O23. The molecule has 0 rings (SSSR count). The van der Waals surface area contributed by atoms with Crippen molar-refractivity contribution in [3.05, 3.63) is 127 Å². The van der Waals surface area contributed by atoms with Gasteiger partial charge < -0.3 is 64.5 Å². The van der Waals surface area contributed by atoms with Gasteiger partial charge in [0.15, 0.2) is 0 Å². The molecule has 0 unspecified atom stereocenters. The lowest BCUT2D eigenvalue weighted by molar-refractivity contribution is -0.163. The Bertz CT molecular complexity index is 1320. The number of esters is 4. The first kappa shape index (κ1) is 69.6. The third-order valence-electron chi connectivity index (χ3n) is 5.28. The van der Waals surface area contributed by atoms with Crippen LogP contribution < -0.4 is 0 Å². The number of aliphatic hydroxyl groups excluding tert-OH is 2. The highest BCUT2D eigenvalue weighted by molar-refractivity contribution is 5.83. The second kappa shape index (κ2) is 46.7. The molecule has 23 nitrogen and oxygen atoms in total. The summed E-state index contributed by atoms with van der Waals surface area (Å²) in [6, 6.07) is 0. The summed E-state index contributed by atoms with van der Waals surface area (Å²) in [5, 5.41) is 65.5. The monoisotopic (exact) mass is 902 g/mol. The molecule has 0 heterocycles. The molecule has 0 spiro atoms. The van der Waals surface area contributed by atoms with Crippen LogP contribution in [0.1, 0.15) is 0 Å². The molecule has 0 radical (unpaired) electrons. The van der Waals surface area contributed by atoms with Crippen LogP contribution in [0.2, 0.25) is 0 Å². The minimum absolute atomic E-state index is 0.328. The van der Waals surface area contributed by atoms with Gasteiger partial charge in [-0.1, -0.05) is 65.8 Å². The summed E-state index contributed by atoms with van der Waals surface area (Å²) in [4.78, 5) is 101. The largest absolute Gasteiger partial charge is 0.478 e. The number of carboxylic acids is 6. The summed E-state index contributed by atoms with van der Waals surface area (Å²) < 4.78 is 25.6. The molecule has 0 saturated heterocycles. The fourth-order valence-electron chi connectivity index (χ4n) is 2.14. The molecule has 8 N–H and O–H groups in total. The van der Waals surface area contributed by atoms with E-state index in [4.69, 9.17) is 54.3 Å². The van der Waals surface area contributed by atoms with Gasteiger partial charge >= 0.3 is 59.7 Å². The number of rotatable bonds is 24. The van der Waals surface area contributed by atoms with E-state index in [1.54, 1.807) is 0 Å².